The van der Waals surface area contributed by atoms with Crippen molar-refractivity contribution in [3.05, 3.63) is 18.2 Å². The standard InChI is InChI=1S/C10H17N3O4S/c1-3-4-18(15,16)13-9(10(14)17-2)5-8-6-11-7-12-8/h6-7,9,13H,3-5H2,1-2H3,(H,11,12)/t9-/m0/s1. The highest BCUT2D eigenvalue weighted by molar-refractivity contribution is 7.89. The van der Waals surface area contributed by atoms with Gasteiger partial charge in [0.2, 0.25) is 10.0 Å². The van der Waals surface area contributed by atoms with Crippen molar-refractivity contribution in [2.75, 3.05) is 12.9 Å². The molecule has 0 bridgehead atoms. The van der Waals surface area contributed by atoms with Gasteiger partial charge in [-0.15, -0.1) is 0 Å². The summed E-state index contributed by atoms with van der Waals surface area (Å²) >= 11 is 0. The molecule has 18 heavy (non-hydrogen) atoms. The number of methoxy groups -OCH3 is 1. The van der Waals surface area contributed by atoms with Crippen molar-refractivity contribution in [1.29, 1.82) is 0 Å². The smallest absolute Gasteiger partial charge is 0.324 e. The van der Waals surface area contributed by atoms with Gasteiger partial charge in [-0.05, 0) is 6.42 Å². The summed E-state index contributed by atoms with van der Waals surface area (Å²) < 4.78 is 30.2. The number of aromatic amines is 1. The van der Waals surface area contributed by atoms with E-state index >= 15 is 0 Å². The van der Waals surface area contributed by atoms with Gasteiger partial charge in [0.05, 0.1) is 19.2 Å². The van der Waals surface area contributed by atoms with Gasteiger partial charge in [-0.25, -0.2) is 18.1 Å². The van der Waals surface area contributed by atoms with Crippen LogP contribution in [0.1, 0.15) is 19.0 Å². The third-order valence-corrected chi connectivity index (χ3v) is 3.85. The van der Waals surface area contributed by atoms with E-state index in [2.05, 4.69) is 19.4 Å². The summed E-state index contributed by atoms with van der Waals surface area (Å²) in [7, 11) is -2.26. The van der Waals surface area contributed by atoms with E-state index in [-0.39, 0.29) is 12.2 Å². The number of nitrogens with zero attached hydrogens (tertiary/aromatic N) is 1. The molecule has 2 N–H and O–H groups in total. The third kappa shape index (κ3) is 4.46. The number of carbonyl (C=O) groups excluding carboxylic acids is 1. The topological polar surface area (TPSA) is 101 Å². The second kappa shape index (κ2) is 6.50. The molecule has 0 amide bonds. The molecule has 0 aliphatic heterocycles. The van der Waals surface area contributed by atoms with Crippen molar-refractivity contribution in [2.24, 2.45) is 0 Å². The molecule has 8 heteroatoms. The number of imidazole rings is 1. The minimum atomic E-state index is -3.47. The van der Waals surface area contributed by atoms with Crippen molar-refractivity contribution < 1.29 is 17.9 Å². The Balaban J connectivity index is 2.76. The number of sulfonamides is 1. The van der Waals surface area contributed by atoms with E-state index in [0.29, 0.717) is 12.1 Å². The first-order chi connectivity index (χ1) is 8.48. The van der Waals surface area contributed by atoms with E-state index < -0.39 is 22.0 Å². The number of esters is 1. The van der Waals surface area contributed by atoms with Gasteiger partial charge in [0.15, 0.2) is 0 Å². The van der Waals surface area contributed by atoms with Crippen LogP contribution < -0.4 is 4.72 Å². The van der Waals surface area contributed by atoms with Crippen LogP contribution in [0.2, 0.25) is 0 Å². The number of hydrogen-bond donors (Lipinski definition) is 2. The zero-order valence-corrected chi connectivity index (χ0v) is 11.2. The summed E-state index contributed by atoms with van der Waals surface area (Å²) in [6, 6.07) is -0.938. The number of ether oxygens (including phenoxy) is 1. The largest absolute Gasteiger partial charge is 0.468 e. The highest BCUT2D eigenvalue weighted by atomic mass is 32.2. The summed E-state index contributed by atoms with van der Waals surface area (Å²) in [5.74, 6) is -0.645. The van der Waals surface area contributed by atoms with E-state index in [9.17, 15) is 13.2 Å². The third-order valence-electron chi connectivity index (χ3n) is 2.26. The Morgan fingerprint density at radius 1 is 1.61 bits per heavy atom. The number of hydrogen-bond acceptors (Lipinski definition) is 5. The lowest BCUT2D eigenvalue weighted by Gasteiger charge is -2.15. The molecule has 0 aromatic carbocycles. The van der Waals surface area contributed by atoms with Crippen molar-refractivity contribution in [1.82, 2.24) is 14.7 Å². The molecule has 1 aromatic heterocycles. The number of aromatic nitrogens is 2. The summed E-state index contributed by atoms with van der Waals surface area (Å²) in [5, 5.41) is 0. The minimum Gasteiger partial charge on any atom is -0.468 e. The summed E-state index contributed by atoms with van der Waals surface area (Å²) in [6.07, 6.45) is 3.65. The molecule has 0 fully saturated rings. The number of carbonyl (C=O) groups is 1. The van der Waals surface area contributed by atoms with Crippen molar-refractivity contribution in [3.63, 3.8) is 0 Å². The van der Waals surface area contributed by atoms with Crippen LogP contribution in [0.25, 0.3) is 0 Å². The maximum atomic E-state index is 11.6. The summed E-state index contributed by atoms with van der Waals surface area (Å²) in [5.41, 5.74) is 0.657. The number of rotatable bonds is 7. The lowest BCUT2D eigenvalue weighted by Crippen LogP contribution is -2.43. The van der Waals surface area contributed by atoms with Gasteiger partial charge in [-0.3, -0.25) is 4.79 Å². The van der Waals surface area contributed by atoms with Gasteiger partial charge < -0.3 is 9.72 Å². The molecule has 0 aliphatic carbocycles. The van der Waals surface area contributed by atoms with Crippen molar-refractivity contribution >= 4 is 16.0 Å². The van der Waals surface area contributed by atoms with Crippen LogP contribution in [0.4, 0.5) is 0 Å². The Hall–Kier alpha value is -1.41. The fraction of sp³-hybridized carbons (Fsp3) is 0.600. The predicted molar refractivity (Wildman–Crippen MR) is 65.3 cm³/mol. The molecule has 0 spiro atoms. The van der Waals surface area contributed by atoms with Crippen LogP contribution in [0.3, 0.4) is 0 Å². The molecule has 102 valence electrons. The van der Waals surface area contributed by atoms with Gasteiger partial charge in [0.25, 0.3) is 0 Å². The molecule has 1 rings (SSSR count). The fourth-order valence-electron chi connectivity index (χ4n) is 1.48. The van der Waals surface area contributed by atoms with Gasteiger partial charge in [0.1, 0.15) is 6.04 Å². The van der Waals surface area contributed by atoms with Gasteiger partial charge in [-0.1, -0.05) is 6.92 Å². The molecule has 1 heterocycles. The average Bonchev–Trinajstić information content (AvgIpc) is 2.79. The van der Waals surface area contributed by atoms with Crippen LogP contribution in [0.5, 0.6) is 0 Å². The Morgan fingerprint density at radius 3 is 2.83 bits per heavy atom. The monoisotopic (exact) mass is 275 g/mol. The molecule has 0 unspecified atom stereocenters. The van der Waals surface area contributed by atoms with Crippen LogP contribution >= 0.6 is 0 Å². The maximum Gasteiger partial charge on any atom is 0.324 e. The average molecular weight is 275 g/mol. The SMILES string of the molecule is CCCS(=O)(=O)N[C@@H](Cc1cnc[nH]1)C(=O)OC. The Morgan fingerprint density at radius 2 is 2.33 bits per heavy atom. The van der Waals surface area contributed by atoms with E-state index in [0.717, 1.165) is 0 Å². The van der Waals surface area contributed by atoms with Gasteiger partial charge >= 0.3 is 5.97 Å². The zero-order chi connectivity index (χ0) is 13.6. The molecule has 0 saturated carbocycles. The highest BCUT2D eigenvalue weighted by Crippen LogP contribution is 2.03. The molecule has 7 nitrogen and oxygen atoms in total. The molecular formula is C10H17N3O4S. The Kier molecular flexibility index (Phi) is 5.29. The molecule has 1 aromatic rings. The molecule has 0 radical (unpaired) electrons. The Bertz CT molecular complexity index is 469. The summed E-state index contributed by atoms with van der Waals surface area (Å²) in [4.78, 5) is 18.2. The van der Waals surface area contributed by atoms with Crippen LogP contribution in [-0.4, -0.2) is 43.3 Å². The van der Waals surface area contributed by atoms with Crippen LogP contribution in [0.15, 0.2) is 12.5 Å². The maximum absolute atomic E-state index is 11.6. The number of H-pyrrole nitrogens is 1. The molecule has 0 aliphatic rings. The molecular weight excluding hydrogens is 258 g/mol. The van der Waals surface area contributed by atoms with Crippen molar-refractivity contribution in [3.8, 4) is 0 Å². The van der Waals surface area contributed by atoms with E-state index in [1.807, 2.05) is 0 Å². The van der Waals surface area contributed by atoms with E-state index in [1.165, 1.54) is 19.6 Å². The first-order valence-electron chi connectivity index (χ1n) is 5.53. The van der Waals surface area contributed by atoms with Gasteiger partial charge in [-0.2, -0.15) is 0 Å². The summed E-state index contributed by atoms with van der Waals surface area (Å²) in [6.45, 7) is 1.75. The zero-order valence-electron chi connectivity index (χ0n) is 10.3. The lowest BCUT2D eigenvalue weighted by molar-refractivity contribution is -0.142. The predicted octanol–water partition coefficient (Wildman–Crippen LogP) is -0.177. The van der Waals surface area contributed by atoms with Crippen molar-refractivity contribution in [2.45, 2.75) is 25.8 Å². The van der Waals surface area contributed by atoms with Crippen LogP contribution in [0, 0.1) is 0 Å². The quantitative estimate of drug-likeness (QED) is 0.672. The van der Waals surface area contributed by atoms with Gasteiger partial charge in [0, 0.05) is 18.3 Å². The normalized spacial score (nSPS) is 13.2. The second-order valence-electron chi connectivity index (χ2n) is 3.79. The van der Waals surface area contributed by atoms with E-state index in [1.54, 1.807) is 6.92 Å². The second-order valence-corrected chi connectivity index (χ2v) is 5.67. The lowest BCUT2D eigenvalue weighted by atomic mass is 10.2. The molecule has 1 atom stereocenters. The molecule has 0 saturated heterocycles. The van der Waals surface area contributed by atoms with Crippen LogP contribution in [-0.2, 0) is 26.0 Å². The minimum absolute atomic E-state index is 0.0243. The highest BCUT2D eigenvalue weighted by Gasteiger charge is 2.25. The first-order valence-corrected chi connectivity index (χ1v) is 7.18. The number of nitrogens with one attached hydrogen (secondary N) is 2. The fourth-order valence-corrected chi connectivity index (χ4v) is 2.74. The Labute approximate surface area is 106 Å². The van der Waals surface area contributed by atoms with E-state index in [4.69, 9.17) is 0 Å². The first kappa shape index (κ1) is 14.7.